The first-order valence-corrected chi connectivity index (χ1v) is 7.38. The summed E-state index contributed by atoms with van der Waals surface area (Å²) in [7, 11) is 5.16. The summed E-state index contributed by atoms with van der Waals surface area (Å²) in [6, 6.07) is 8.16. The molecule has 0 bridgehead atoms. The Morgan fingerprint density at radius 3 is 2.52 bits per heavy atom. The van der Waals surface area contributed by atoms with Crippen molar-refractivity contribution < 1.29 is 9.53 Å². The number of methoxy groups -OCH3 is 1. The van der Waals surface area contributed by atoms with E-state index in [1.54, 1.807) is 6.34 Å². The van der Waals surface area contributed by atoms with E-state index in [2.05, 4.69) is 4.99 Å². The van der Waals surface area contributed by atoms with Crippen LogP contribution in [0, 0.1) is 6.92 Å². The third kappa shape index (κ3) is 3.49. The summed E-state index contributed by atoms with van der Waals surface area (Å²) >= 11 is 1.35. The number of aliphatic imine (C=N–C) groups is 1. The zero-order valence-electron chi connectivity index (χ0n) is 12.6. The van der Waals surface area contributed by atoms with Gasteiger partial charge >= 0.3 is 5.97 Å². The lowest BCUT2D eigenvalue weighted by atomic mass is 10.1. The molecule has 0 saturated heterocycles. The molecule has 1 aromatic heterocycles. The van der Waals surface area contributed by atoms with Crippen molar-refractivity contribution in [3.63, 3.8) is 0 Å². The number of carbonyl (C=O) groups is 1. The summed E-state index contributed by atoms with van der Waals surface area (Å²) in [5.41, 5.74) is 3.83. The number of nitrogens with zero attached hydrogens (tertiary/aromatic N) is 2. The van der Waals surface area contributed by atoms with Crippen LogP contribution in [0.25, 0.3) is 11.1 Å². The second-order valence-corrected chi connectivity index (χ2v) is 5.77. The standard InChI is InChI=1S/C16H18N2O2S/c1-11-5-7-12(8-6-11)13-9-21-15(16(19)20-4)14(13)17-10-18(2)3/h5-10H,1-4H3. The Kier molecular flexibility index (Phi) is 4.75. The molecule has 0 aliphatic heterocycles. The number of aryl methyl sites for hydroxylation is 1. The van der Waals surface area contributed by atoms with E-state index in [9.17, 15) is 4.79 Å². The second kappa shape index (κ2) is 6.54. The summed E-state index contributed by atoms with van der Waals surface area (Å²) in [5.74, 6) is -0.357. The maximum Gasteiger partial charge on any atom is 0.350 e. The largest absolute Gasteiger partial charge is 0.465 e. The van der Waals surface area contributed by atoms with E-state index in [1.807, 2.05) is 55.6 Å². The molecule has 1 aromatic carbocycles. The van der Waals surface area contributed by atoms with Crippen LogP contribution >= 0.6 is 11.3 Å². The molecule has 0 N–H and O–H groups in total. The smallest absolute Gasteiger partial charge is 0.350 e. The van der Waals surface area contributed by atoms with Gasteiger partial charge in [-0.2, -0.15) is 0 Å². The summed E-state index contributed by atoms with van der Waals surface area (Å²) < 4.78 is 4.84. The molecule has 5 heteroatoms. The Labute approximate surface area is 128 Å². The predicted molar refractivity (Wildman–Crippen MR) is 87.7 cm³/mol. The average molecular weight is 302 g/mol. The molecular weight excluding hydrogens is 284 g/mol. The molecule has 0 saturated carbocycles. The van der Waals surface area contributed by atoms with Crippen molar-refractivity contribution in [3.8, 4) is 11.1 Å². The first-order valence-electron chi connectivity index (χ1n) is 6.50. The Morgan fingerprint density at radius 1 is 1.29 bits per heavy atom. The van der Waals surface area contributed by atoms with Gasteiger partial charge in [0.2, 0.25) is 0 Å². The van der Waals surface area contributed by atoms with Gasteiger partial charge in [-0.05, 0) is 12.5 Å². The van der Waals surface area contributed by atoms with Gasteiger partial charge in [0, 0.05) is 25.0 Å². The lowest BCUT2D eigenvalue weighted by Crippen LogP contribution is -2.07. The van der Waals surface area contributed by atoms with E-state index in [1.165, 1.54) is 24.0 Å². The van der Waals surface area contributed by atoms with Crippen LogP contribution in [0.15, 0.2) is 34.6 Å². The van der Waals surface area contributed by atoms with E-state index in [0.717, 1.165) is 11.1 Å². The van der Waals surface area contributed by atoms with Crippen LogP contribution in [0.2, 0.25) is 0 Å². The summed E-state index contributed by atoms with van der Waals surface area (Å²) in [6.07, 6.45) is 1.69. The Balaban J connectivity index is 2.52. The molecule has 0 fully saturated rings. The number of hydrogen-bond donors (Lipinski definition) is 0. The van der Waals surface area contributed by atoms with Gasteiger partial charge < -0.3 is 9.64 Å². The molecule has 0 aliphatic rings. The summed E-state index contributed by atoms with van der Waals surface area (Å²) in [4.78, 5) is 18.7. The number of ether oxygens (including phenoxy) is 1. The van der Waals surface area contributed by atoms with E-state index in [0.29, 0.717) is 10.6 Å². The first-order chi connectivity index (χ1) is 10.0. The van der Waals surface area contributed by atoms with Gasteiger partial charge in [0.15, 0.2) is 0 Å². The molecule has 0 aliphatic carbocycles. The van der Waals surface area contributed by atoms with E-state index >= 15 is 0 Å². The zero-order chi connectivity index (χ0) is 15.4. The molecule has 0 unspecified atom stereocenters. The number of hydrogen-bond acceptors (Lipinski definition) is 4. The lowest BCUT2D eigenvalue weighted by molar-refractivity contribution is 0.0607. The maximum atomic E-state index is 11.9. The highest BCUT2D eigenvalue weighted by atomic mass is 32.1. The SMILES string of the molecule is COC(=O)c1scc(-c2ccc(C)cc2)c1N=CN(C)C. The van der Waals surface area contributed by atoms with Crippen LogP contribution in [0.4, 0.5) is 5.69 Å². The molecule has 2 rings (SSSR count). The zero-order valence-corrected chi connectivity index (χ0v) is 13.4. The van der Waals surface area contributed by atoms with Gasteiger partial charge in [-0.1, -0.05) is 29.8 Å². The molecule has 0 radical (unpaired) electrons. The van der Waals surface area contributed by atoms with Crippen molar-refractivity contribution in [2.45, 2.75) is 6.92 Å². The van der Waals surface area contributed by atoms with Gasteiger partial charge in [0.25, 0.3) is 0 Å². The predicted octanol–water partition coefficient (Wildman–Crippen LogP) is 3.73. The monoisotopic (exact) mass is 302 g/mol. The number of benzene rings is 1. The molecule has 4 nitrogen and oxygen atoms in total. The third-order valence-corrected chi connectivity index (χ3v) is 3.87. The minimum absolute atomic E-state index is 0.357. The van der Waals surface area contributed by atoms with E-state index in [4.69, 9.17) is 4.74 Å². The fourth-order valence-corrected chi connectivity index (χ4v) is 2.77. The van der Waals surface area contributed by atoms with Crippen LogP contribution in [-0.2, 0) is 4.74 Å². The number of carbonyl (C=O) groups excluding carboxylic acids is 1. The van der Waals surface area contributed by atoms with Gasteiger partial charge in [0.1, 0.15) is 4.88 Å². The van der Waals surface area contributed by atoms with Crippen molar-refractivity contribution in [2.75, 3.05) is 21.2 Å². The fourth-order valence-electron chi connectivity index (χ4n) is 1.83. The number of thiophene rings is 1. The Hall–Kier alpha value is -2.14. The second-order valence-electron chi connectivity index (χ2n) is 4.89. The third-order valence-electron chi connectivity index (χ3n) is 2.92. The highest BCUT2D eigenvalue weighted by molar-refractivity contribution is 7.13. The summed E-state index contributed by atoms with van der Waals surface area (Å²) in [6.45, 7) is 2.04. The topological polar surface area (TPSA) is 41.9 Å². The lowest BCUT2D eigenvalue weighted by Gasteiger charge is -2.06. The molecule has 0 spiro atoms. The van der Waals surface area contributed by atoms with Crippen molar-refractivity contribution >= 4 is 29.3 Å². The van der Waals surface area contributed by atoms with Gasteiger partial charge in [-0.3, -0.25) is 0 Å². The highest BCUT2D eigenvalue weighted by Crippen LogP contribution is 2.38. The maximum absolute atomic E-state index is 11.9. The van der Waals surface area contributed by atoms with Gasteiger partial charge in [0.05, 0.1) is 19.1 Å². The molecule has 2 aromatic rings. The molecule has 110 valence electrons. The minimum Gasteiger partial charge on any atom is -0.465 e. The van der Waals surface area contributed by atoms with Crippen LogP contribution in [0.5, 0.6) is 0 Å². The first kappa shape index (κ1) is 15.3. The Bertz CT molecular complexity index is 657. The van der Waals surface area contributed by atoms with Crippen LogP contribution in [0.1, 0.15) is 15.2 Å². The molecule has 1 heterocycles. The highest BCUT2D eigenvalue weighted by Gasteiger charge is 2.19. The van der Waals surface area contributed by atoms with Crippen LogP contribution < -0.4 is 0 Å². The molecule has 0 amide bonds. The number of rotatable bonds is 4. The van der Waals surface area contributed by atoms with E-state index < -0.39 is 0 Å². The summed E-state index contributed by atoms with van der Waals surface area (Å²) in [5, 5.41) is 1.94. The molecule has 21 heavy (non-hydrogen) atoms. The van der Waals surface area contributed by atoms with Crippen molar-refractivity contribution in [2.24, 2.45) is 4.99 Å². The van der Waals surface area contributed by atoms with Crippen molar-refractivity contribution in [1.82, 2.24) is 4.90 Å². The van der Waals surface area contributed by atoms with Gasteiger partial charge in [-0.25, -0.2) is 9.79 Å². The fraction of sp³-hybridized carbons (Fsp3) is 0.250. The Morgan fingerprint density at radius 2 is 1.95 bits per heavy atom. The van der Waals surface area contributed by atoms with Crippen molar-refractivity contribution in [1.29, 1.82) is 0 Å². The quantitative estimate of drug-likeness (QED) is 0.491. The van der Waals surface area contributed by atoms with Crippen molar-refractivity contribution in [3.05, 3.63) is 40.1 Å². The van der Waals surface area contributed by atoms with Crippen LogP contribution in [-0.4, -0.2) is 38.4 Å². The average Bonchev–Trinajstić information content (AvgIpc) is 2.89. The number of esters is 1. The molecule has 0 atom stereocenters. The van der Waals surface area contributed by atoms with E-state index in [-0.39, 0.29) is 5.97 Å². The molecular formula is C16H18N2O2S. The van der Waals surface area contributed by atoms with Crippen LogP contribution in [0.3, 0.4) is 0 Å². The minimum atomic E-state index is -0.357. The van der Waals surface area contributed by atoms with Gasteiger partial charge in [-0.15, -0.1) is 11.3 Å². The normalized spacial score (nSPS) is 10.9.